The molecule has 0 aromatic carbocycles. The molecule has 7 N–H and O–H groups in total. The Kier molecular flexibility index (Phi) is 50.6. The molecular formula is C14H27Ac3NaO10. The Balaban J connectivity index is -0.0000000653. The quantitative estimate of drug-likeness (QED) is 0.132. The molecule has 0 bridgehead atoms. The Labute approximate surface area is 294 Å². The zero-order valence-corrected chi connectivity index (χ0v) is 32.5. The van der Waals surface area contributed by atoms with Gasteiger partial charge in [-0.2, -0.15) is 7.11 Å². The van der Waals surface area contributed by atoms with Crippen LogP contribution in [0.4, 0.5) is 0 Å². The van der Waals surface area contributed by atoms with Crippen LogP contribution < -0.4 is 34.7 Å². The Morgan fingerprint density at radius 2 is 0.964 bits per heavy atom. The third-order valence-electron chi connectivity index (χ3n) is 2.88. The van der Waals surface area contributed by atoms with Gasteiger partial charge in [-0.05, 0) is 12.2 Å². The maximum atomic E-state index is 9.05. The van der Waals surface area contributed by atoms with E-state index in [9.17, 15) is 0 Å². The minimum absolute atomic E-state index is 0. The average Bonchev–Trinajstić information content (AvgIpc) is 2.64. The summed E-state index contributed by atoms with van der Waals surface area (Å²) < 4.78 is 9.54. The van der Waals surface area contributed by atoms with Crippen LogP contribution in [0.25, 0.3) is 0 Å². The maximum absolute atomic E-state index is 9.05. The molecule has 0 amide bonds. The molecule has 153 valence electrons. The molecular weight excluding hydrogens is 1030 g/mol. The number of hydrogen-bond acceptors (Lipinski definition) is 10. The van der Waals surface area contributed by atoms with Crippen molar-refractivity contribution >= 4 is 0 Å². The van der Waals surface area contributed by atoms with Gasteiger partial charge in [0.25, 0.3) is 0 Å². The molecule has 6 atom stereocenters. The van der Waals surface area contributed by atoms with Gasteiger partial charge in [0.1, 0.15) is 36.6 Å². The van der Waals surface area contributed by atoms with Gasteiger partial charge in [0, 0.05) is 139 Å². The van der Waals surface area contributed by atoms with Crippen molar-refractivity contribution in [2.75, 3.05) is 27.4 Å². The van der Waals surface area contributed by atoms with Gasteiger partial charge in [-0.3, -0.25) is 0 Å². The molecule has 10 nitrogen and oxygen atoms in total. The van der Waals surface area contributed by atoms with Crippen molar-refractivity contribution in [3.8, 4) is 0 Å². The van der Waals surface area contributed by atoms with Crippen LogP contribution in [0.5, 0.6) is 0 Å². The van der Waals surface area contributed by atoms with Crippen LogP contribution in [-0.4, -0.2) is 99.8 Å². The number of rotatable bonds is 2. The molecule has 28 heavy (non-hydrogen) atoms. The van der Waals surface area contributed by atoms with Gasteiger partial charge in [0.2, 0.25) is 0 Å². The SMILES string of the molecule is CO.C[O-].OCC1OC=CC(O)C1O.OCC1OC=CC(O)C1O.[Ac].[Ac].[Ac].[Na+]. The van der Waals surface area contributed by atoms with Gasteiger partial charge in [0.05, 0.1) is 25.7 Å². The van der Waals surface area contributed by atoms with Gasteiger partial charge >= 0.3 is 29.6 Å². The topological polar surface area (TPSA) is 183 Å². The first-order chi connectivity index (χ1) is 11.5. The van der Waals surface area contributed by atoms with Crippen LogP contribution in [0.15, 0.2) is 24.7 Å². The van der Waals surface area contributed by atoms with Crippen molar-refractivity contribution in [3.05, 3.63) is 24.7 Å². The van der Waals surface area contributed by atoms with Gasteiger partial charge in [-0.1, -0.05) is 0 Å². The summed E-state index contributed by atoms with van der Waals surface area (Å²) in [6, 6.07) is 0. The molecule has 0 aromatic rings. The second kappa shape index (κ2) is 31.1. The first kappa shape index (κ1) is 45.6. The van der Waals surface area contributed by atoms with Crippen LogP contribution >= 0.6 is 0 Å². The van der Waals surface area contributed by atoms with Crippen molar-refractivity contribution in [2.24, 2.45) is 0 Å². The molecule has 0 saturated carbocycles. The molecule has 2 heterocycles. The summed E-state index contributed by atoms with van der Waals surface area (Å²) in [5.41, 5.74) is 0. The smallest absolute Gasteiger partial charge is 0.857 e. The molecule has 3 radical (unpaired) electrons. The molecule has 0 spiro atoms. The fourth-order valence-electron chi connectivity index (χ4n) is 1.58. The number of ether oxygens (including phenoxy) is 2. The van der Waals surface area contributed by atoms with E-state index in [1.165, 1.54) is 24.7 Å². The van der Waals surface area contributed by atoms with Crippen molar-refractivity contribution in [1.82, 2.24) is 0 Å². The van der Waals surface area contributed by atoms with Crippen molar-refractivity contribution in [2.45, 2.75) is 36.6 Å². The summed E-state index contributed by atoms with van der Waals surface area (Å²) in [4.78, 5) is 0. The predicted octanol–water partition coefficient (Wildman–Crippen LogP) is -7.18. The molecule has 0 aliphatic carbocycles. The Hall–Kier alpha value is 4.08. The molecule has 6 unspecified atom stereocenters. The monoisotopic (exact) mass is 1060 g/mol. The number of aliphatic hydroxyl groups excluding tert-OH is 7. The zero-order valence-electron chi connectivity index (χ0n) is 16.3. The summed E-state index contributed by atoms with van der Waals surface area (Å²) in [6.07, 6.45) is -0.0636. The predicted molar refractivity (Wildman–Crippen MR) is 80.3 cm³/mol. The molecule has 0 aromatic heterocycles. The fraction of sp³-hybridized carbons (Fsp3) is 0.714. The van der Waals surface area contributed by atoms with Gasteiger partial charge in [-0.15, -0.1) is 0 Å². The first-order valence-electron chi connectivity index (χ1n) is 6.95. The van der Waals surface area contributed by atoms with Crippen LogP contribution in [0.3, 0.4) is 0 Å². The maximum Gasteiger partial charge on any atom is 1.00 e. The summed E-state index contributed by atoms with van der Waals surface area (Å²) in [5, 5.41) is 68.4. The number of hydrogen-bond donors (Lipinski definition) is 7. The summed E-state index contributed by atoms with van der Waals surface area (Å²) in [6.45, 7) is -0.578. The minimum atomic E-state index is -1.02. The summed E-state index contributed by atoms with van der Waals surface area (Å²) in [5.74, 6) is 0. The van der Waals surface area contributed by atoms with Crippen molar-refractivity contribution in [1.29, 1.82) is 0 Å². The first-order valence-corrected chi connectivity index (χ1v) is 6.95. The van der Waals surface area contributed by atoms with Crippen LogP contribution in [-0.2, 0) is 9.47 Å². The van der Waals surface area contributed by atoms with Crippen LogP contribution in [0.2, 0.25) is 0 Å². The van der Waals surface area contributed by atoms with E-state index in [4.69, 9.17) is 50.3 Å². The van der Waals surface area contributed by atoms with Crippen LogP contribution in [0, 0.1) is 132 Å². The second-order valence-corrected chi connectivity index (χ2v) is 4.33. The Morgan fingerprint density at radius 3 is 1.14 bits per heavy atom. The van der Waals surface area contributed by atoms with E-state index in [1.807, 2.05) is 0 Å². The largest absolute Gasteiger partial charge is 1.00 e. The van der Waals surface area contributed by atoms with E-state index in [0.717, 1.165) is 14.2 Å². The van der Waals surface area contributed by atoms with Gasteiger partial charge < -0.3 is 50.3 Å². The number of aliphatic hydroxyl groups is 7. The molecule has 14 heteroatoms. The summed E-state index contributed by atoms with van der Waals surface area (Å²) in [7, 11) is 1.75. The van der Waals surface area contributed by atoms with Gasteiger partial charge in [0.15, 0.2) is 0 Å². The fourth-order valence-corrected chi connectivity index (χ4v) is 1.58. The molecule has 2 aliphatic heterocycles. The Bertz CT molecular complexity index is 323. The third-order valence-corrected chi connectivity index (χ3v) is 2.88. The zero-order chi connectivity index (χ0) is 19.1. The average molecular weight is 1060 g/mol. The van der Waals surface area contributed by atoms with E-state index in [-0.39, 0.29) is 175 Å². The molecule has 2 rings (SSSR count). The third kappa shape index (κ3) is 19.5. The van der Waals surface area contributed by atoms with E-state index in [2.05, 4.69) is 0 Å². The Morgan fingerprint density at radius 1 is 0.714 bits per heavy atom. The van der Waals surface area contributed by atoms with Crippen LogP contribution in [0.1, 0.15) is 0 Å². The van der Waals surface area contributed by atoms with E-state index in [0.29, 0.717) is 0 Å². The van der Waals surface area contributed by atoms with E-state index >= 15 is 0 Å². The second-order valence-electron chi connectivity index (χ2n) is 4.33. The van der Waals surface area contributed by atoms with Crippen molar-refractivity contribution < 1.29 is 212 Å². The standard InChI is InChI=1S/2C6H10O4.CH4O.CH3O.3Ac.Na/c2*7-3-5-6(9)4(8)1-2-10-5;2*1-2;;;;/h2*1-2,4-9H,3H2;2H,1H3;1H3;;;;/q;;;-1;;;;+1. The molecule has 0 fully saturated rings. The van der Waals surface area contributed by atoms with Crippen molar-refractivity contribution in [3.63, 3.8) is 0 Å². The van der Waals surface area contributed by atoms with Gasteiger partial charge in [-0.25, -0.2) is 0 Å². The molecule has 2 aliphatic rings. The van der Waals surface area contributed by atoms with E-state index in [1.54, 1.807) is 0 Å². The normalized spacial score (nSPS) is 28.5. The summed E-state index contributed by atoms with van der Waals surface area (Å²) >= 11 is 0. The minimum Gasteiger partial charge on any atom is -0.857 e. The molecule has 0 saturated heterocycles. The van der Waals surface area contributed by atoms with E-state index < -0.39 is 36.6 Å².